The number of nitrogens with zero attached hydrogens (tertiary/aromatic N) is 2. The minimum absolute atomic E-state index is 0.0622. The van der Waals surface area contributed by atoms with Crippen LogP contribution in [-0.4, -0.2) is 48.6 Å². The van der Waals surface area contributed by atoms with Crippen molar-refractivity contribution in [1.82, 2.24) is 14.2 Å². The molecule has 0 bridgehead atoms. The van der Waals surface area contributed by atoms with Gasteiger partial charge in [0.25, 0.3) is 0 Å². The molecule has 21 heavy (non-hydrogen) atoms. The molecule has 7 heteroatoms. The molecule has 0 aliphatic heterocycles. The van der Waals surface area contributed by atoms with Crippen molar-refractivity contribution in [2.24, 2.45) is 7.05 Å². The maximum absolute atomic E-state index is 12.5. The summed E-state index contributed by atoms with van der Waals surface area (Å²) in [6, 6.07) is 1.67. The first-order valence-electron chi connectivity index (χ1n) is 7.05. The van der Waals surface area contributed by atoms with Gasteiger partial charge in [0, 0.05) is 38.6 Å². The second-order valence-electron chi connectivity index (χ2n) is 4.83. The number of aryl methyl sites for hydroxylation is 1. The van der Waals surface area contributed by atoms with E-state index in [0.717, 1.165) is 18.7 Å². The van der Waals surface area contributed by atoms with Gasteiger partial charge < -0.3 is 15.0 Å². The van der Waals surface area contributed by atoms with E-state index in [1.807, 2.05) is 7.05 Å². The van der Waals surface area contributed by atoms with Crippen LogP contribution in [-0.2, 0) is 23.6 Å². The first-order valence-corrected chi connectivity index (χ1v) is 8.49. The van der Waals surface area contributed by atoms with Crippen LogP contribution in [0.1, 0.15) is 19.0 Å². The number of hydrogen-bond donors (Lipinski definition) is 2. The van der Waals surface area contributed by atoms with Crippen LogP contribution in [0.3, 0.4) is 0 Å². The third-order valence-electron chi connectivity index (χ3n) is 3.14. The molecule has 0 fully saturated rings. The normalized spacial score (nSPS) is 12.0. The zero-order valence-electron chi connectivity index (χ0n) is 12.7. The van der Waals surface area contributed by atoms with E-state index >= 15 is 0 Å². The summed E-state index contributed by atoms with van der Waals surface area (Å²) in [5.74, 6) is 0. The number of rotatable bonds is 10. The molecule has 0 saturated heterocycles. The molecule has 0 aliphatic rings. The van der Waals surface area contributed by atoms with E-state index in [2.05, 4.69) is 18.8 Å². The number of sulfonamides is 1. The second-order valence-corrected chi connectivity index (χ2v) is 6.77. The zero-order valence-corrected chi connectivity index (χ0v) is 13.6. The molecular formula is C14H25N3O3S. The van der Waals surface area contributed by atoms with Crippen LogP contribution in [0.25, 0.3) is 0 Å². The SMILES string of the molecule is C=CCN(CCO)S(=O)(=O)c1cc(CNCCC)n(C)c1. The minimum atomic E-state index is -3.60. The lowest BCUT2D eigenvalue weighted by Crippen LogP contribution is -2.33. The second kappa shape index (κ2) is 8.33. The van der Waals surface area contributed by atoms with Crippen LogP contribution in [0.2, 0.25) is 0 Å². The Morgan fingerprint density at radius 1 is 1.52 bits per heavy atom. The van der Waals surface area contributed by atoms with Crippen molar-refractivity contribution in [1.29, 1.82) is 0 Å². The molecule has 0 radical (unpaired) electrons. The van der Waals surface area contributed by atoms with Gasteiger partial charge in [-0.2, -0.15) is 4.31 Å². The van der Waals surface area contributed by atoms with Gasteiger partial charge in [-0.25, -0.2) is 8.42 Å². The number of hydrogen-bond acceptors (Lipinski definition) is 4. The minimum Gasteiger partial charge on any atom is -0.395 e. The van der Waals surface area contributed by atoms with Crippen LogP contribution < -0.4 is 5.32 Å². The lowest BCUT2D eigenvalue weighted by atomic mass is 10.4. The van der Waals surface area contributed by atoms with Crippen LogP contribution in [0.15, 0.2) is 29.8 Å². The molecule has 1 aromatic heterocycles. The Labute approximate surface area is 127 Å². The van der Waals surface area contributed by atoms with E-state index < -0.39 is 10.0 Å². The van der Waals surface area contributed by atoms with Crippen molar-refractivity contribution < 1.29 is 13.5 Å². The third-order valence-corrected chi connectivity index (χ3v) is 4.97. The summed E-state index contributed by atoms with van der Waals surface area (Å²) < 4.78 is 28.1. The van der Waals surface area contributed by atoms with Gasteiger partial charge >= 0.3 is 0 Å². The predicted octanol–water partition coefficient (Wildman–Crippen LogP) is 0.694. The molecule has 1 aromatic rings. The Hall–Kier alpha value is -1.15. The van der Waals surface area contributed by atoms with E-state index in [4.69, 9.17) is 5.11 Å². The summed E-state index contributed by atoms with van der Waals surface area (Å²) in [5, 5.41) is 12.3. The van der Waals surface area contributed by atoms with Gasteiger partial charge in [-0.3, -0.25) is 0 Å². The largest absolute Gasteiger partial charge is 0.395 e. The highest BCUT2D eigenvalue weighted by Crippen LogP contribution is 2.18. The van der Waals surface area contributed by atoms with Gasteiger partial charge in [0.1, 0.15) is 4.90 Å². The summed E-state index contributed by atoms with van der Waals surface area (Å²) >= 11 is 0. The van der Waals surface area contributed by atoms with Crippen molar-refractivity contribution in [2.75, 3.05) is 26.2 Å². The third kappa shape index (κ3) is 4.67. The van der Waals surface area contributed by atoms with Crippen LogP contribution in [0.5, 0.6) is 0 Å². The van der Waals surface area contributed by atoms with Crippen molar-refractivity contribution >= 4 is 10.0 Å². The molecule has 1 heterocycles. The summed E-state index contributed by atoms with van der Waals surface area (Å²) in [6.45, 7) is 7.18. The Morgan fingerprint density at radius 3 is 2.81 bits per heavy atom. The standard InChI is InChI=1S/C14H25N3O3S/c1-4-6-15-11-13-10-14(12-16(13)3)21(19,20)17(7-5-2)8-9-18/h5,10,12,15,18H,2,4,6-9,11H2,1,3H3. The van der Waals surface area contributed by atoms with Crippen molar-refractivity contribution in [2.45, 2.75) is 24.8 Å². The highest BCUT2D eigenvalue weighted by atomic mass is 32.2. The van der Waals surface area contributed by atoms with E-state index in [9.17, 15) is 8.42 Å². The van der Waals surface area contributed by atoms with Crippen LogP contribution in [0.4, 0.5) is 0 Å². The topological polar surface area (TPSA) is 74.6 Å². The smallest absolute Gasteiger partial charge is 0.244 e. The summed E-state index contributed by atoms with van der Waals surface area (Å²) in [6.07, 6.45) is 4.14. The lowest BCUT2D eigenvalue weighted by molar-refractivity contribution is 0.260. The van der Waals surface area contributed by atoms with Crippen molar-refractivity contribution in [3.8, 4) is 0 Å². The number of aromatic nitrogens is 1. The maximum Gasteiger partial charge on any atom is 0.244 e. The molecule has 0 atom stereocenters. The van der Waals surface area contributed by atoms with Gasteiger partial charge in [0.15, 0.2) is 0 Å². The first kappa shape index (κ1) is 17.9. The molecule has 0 spiro atoms. The molecule has 0 aromatic carbocycles. The Morgan fingerprint density at radius 2 is 2.24 bits per heavy atom. The fourth-order valence-corrected chi connectivity index (χ4v) is 3.50. The van der Waals surface area contributed by atoms with E-state index in [1.165, 1.54) is 10.4 Å². The molecule has 0 amide bonds. The monoisotopic (exact) mass is 315 g/mol. The highest BCUT2D eigenvalue weighted by molar-refractivity contribution is 7.89. The summed E-state index contributed by atoms with van der Waals surface area (Å²) in [7, 11) is -1.78. The summed E-state index contributed by atoms with van der Waals surface area (Å²) in [5.41, 5.74) is 0.907. The number of nitrogens with one attached hydrogen (secondary N) is 1. The number of aliphatic hydroxyl groups excluding tert-OH is 1. The molecular weight excluding hydrogens is 290 g/mol. The quantitative estimate of drug-likeness (QED) is 0.492. The van der Waals surface area contributed by atoms with Gasteiger partial charge in [0.2, 0.25) is 10.0 Å². The van der Waals surface area contributed by atoms with Crippen molar-refractivity contribution in [3.63, 3.8) is 0 Å². The molecule has 2 N–H and O–H groups in total. The van der Waals surface area contributed by atoms with Crippen LogP contribution in [0, 0.1) is 0 Å². The average Bonchev–Trinajstić information content (AvgIpc) is 2.81. The van der Waals surface area contributed by atoms with Crippen LogP contribution >= 0.6 is 0 Å². The van der Waals surface area contributed by atoms with Gasteiger partial charge in [-0.05, 0) is 19.0 Å². The fourth-order valence-electron chi connectivity index (χ4n) is 2.00. The highest BCUT2D eigenvalue weighted by Gasteiger charge is 2.24. The van der Waals surface area contributed by atoms with Gasteiger partial charge in [0.05, 0.1) is 6.61 Å². The first-order chi connectivity index (χ1) is 9.97. The zero-order chi connectivity index (χ0) is 15.9. The van der Waals surface area contributed by atoms with E-state index in [1.54, 1.807) is 16.8 Å². The fraction of sp³-hybridized carbons (Fsp3) is 0.571. The van der Waals surface area contributed by atoms with Gasteiger partial charge in [-0.1, -0.05) is 13.0 Å². The molecule has 120 valence electrons. The average molecular weight is 315 g/mol. The lowest BCUT2D eigenvalue weighted by Gasteiger charge is -2.18. The summed E-state index contributed by atoms with van der Waals surface area (Å²) in [4.78, 5) is 0.244. The molecule has 1 rings (SSSR count). The van der Waals surface area contributed by atoms with Gasteiger partial charge in [-0.15, -0.1) is 6.58 Å². The van der Waals surface area contributed by atoms with Crippen molar-refractivity contribution in [3.05, 3.63) is 30.6 Å². The Kier molecular flexibility index (Phi) is 7.10. The van der Waals surface area contributed by atoms with E-state index in [-0.39, 0.29) is 24.6 Å². The molecule has 0 aliphatic carbocycles. The Balaban J connectivity index is 2.97. The Bertz CT molecular complexity index is 552. The maximum atomic E-state index is 12.5. The van der Waals surface area contributed by atoms with E-state index in [0.29, 0.717) is 6.54 Å². The predicted molar refractivity (Wildman–Crippen MR) is 83.5 cm³/mol. The molecule has 0 unspecified atom stereocenters. The molecule has 0 saturated carbocycles. The molecule has 6 nitrogen and oxygen atoms in total. The number of aliphatic hydroxyl groups is 1.